The van der Waals surface area contributed by atoms with Gasteiger partial charge in [0.25, 0.3) is 5.91 Å². The summed E-state index contributed by atoms with van der Waals surface area (Å²) in [5.74, 6) is 0.0870. The highest BCUT2D eigenvalue weighted by Crippen LogP contribution is 2.31. The Morgan fingerprint density at radius 2 is 2.00 bits per heavy atom. The Hall–Kier alpha value is -2.59. The Labute approximate surface area is 145 Å². The van der Waals surface area contributed by atoms with Gasteiger partial charge in [-0.25, -0.2) is 0 Å². The van der Waals surface area contributed by atoms with E-state index in [0.29, 0.717) is 17.3 Å². The van der Waals surface area contributed by atoms with Crippen molar-refractivity contribution in [3.63, 3.8) is 0 Å². The molecule has 0 bridgehead atoms. The number of anilines is 1. The molecule has 1 atom stereocenters. The van der Waals surface area contributed by atoms with E-state index in [1.54, 1.807) is 48.2 Å². The first-order chi connectivity index (χ1) is 11.5. The number of phenols is 1. The number of phenolic OH excluding ortho intramolecular Hbond substituents is 1. The number of hydrogen-bond acceptors (Lipinski definition) is 3. The van der Waals surface area contributed by atoms with E-state index in [4.69, 9.17) is 11.6 Å². The lowest BCUT2D eigenvalue weighted by Gasteiger charge is -2.23. The van der Waals surface area contributed by atoms with Crippen LogP contribution in [0, 0.1) is 0 Å². The van der Waals surface area contributed by atoms with Gasteiger partial charge < -0.3 is 10.0 Å². The minimum absolute atomic E-state index is 0.0905. The van der Waals surface area contributed by atoms with Gasteiger partial charge in [0.1, 0.15) is 11.8 Å². The van der Waals surface area contributed by atoms with Crippen molar-refractivity contribution in [3.8, 4) is 5.75 Å². The van der Waals surface area contributed by atoms with Crippen LogP contribution in [0.5, 0.6) is 5.75 Å². The number of benzodiazepines with no additional fused rings is 1. The highest BCUT2D eigenvalue weighted by Gasteiger charge is 2.29. The summed E-state index contributed by atoms with van der Waals surface area (Å²) in [4.78, 5) is 19.0. The van der Waals surface area contributed by atoms with E-state index in [9.17, 15) is 9.90 Å². The molecule has 122 valence electrons. The maximum atomic E-state index is 12.7. The second kappa shape index (κ2) is 6.49. The van der Waals surface area contributed by atoms with Crippen molar-refractivity contribution in [1.82, 2.24) is 0 Å². The molecule has 1 aliphatic rings. The largest absolute Gasteiger partial charge is 0.508 e. The highest BCUT2D eigenvalue weighted by atomic mass is 35.5. The maximum Gasteiger partial charge on any atom is 0.251 e. The number of aliphatic imine (C=N–C) groups is 1. The van der Waals surface area contributed by atoms with Crippen LogP contribution in [-0.4, -0.2) is 29.3 Å². The van der Waals surface area contributed by atoms with Crippen LogP contribution in [-0.2, 0) is 4.79 Å². The molecular weight excluding hydrogens is 324 g/mol. The molecule has 1 unspecified atom stereocenters. The number of hydrogen-bond donors (Lipinski definition) is 1. The van der Waals surface area contributed by atoms with E-state index in [1.807, 2.05) is 12.1 Å². The SMILES string of the molecule is C=CCN1C(=O)C(C)N=C(c2ccc(O)cc2)c2cc(Cl)ccc21. The van der Waals surface area contributed by atoms with E-state index in [-0.39, 0.29) is 11.7 Å². The standard InChI is InChI=1S/C19H17ClN2O2/c1-3-10-22-17-9-6-14(20)11-16(17)18(21-12(2)19(22)24)13-4-7-15(23)8-5-13/h3-9,11-12,23H,1,10H2,2H3. The third-order valence-corrected chi connectivity index (χ3v) is 4.14. The monoisotopic (exact) mass is 340 g/mol. The first-order valence-electron chi connectivity index (χ1n) is 7.60. The van der Waals surface area contributed by atoms with Crippen molar-refractivity contribution in [3.05, 3.63) is 71.3 Å². The fourth-order valence-corrected chi connectivity index (χ4v) is 2.93. The zero-order valence-corrected chi connectivity index (χ0v) is 14.0. The van der Waals surface area contributed by atoms with Crippen LogP contribution in [0.2, 0.25) is 5.02 Å². The second-order valence-corrected chi connectivity index (χ2v) is 6.04. The zero-order chi connectivity index (χ0) is 17.3. The zero-order valence-electron chi connectivity index (χ0n) is 13.2. The predicted octanol–water partition coefficient (Wildman–Crippen LogP) is 3.80. The first-order valence-corrected chi connectivity index (χ1v) is 7.98. The summed E-state index contributed by atoms with van der Waals surface area (Å²) in [6.07, 6.45) is 1.69. The molecule has 0 saturated heterocycles. The molecule has 3 rings (SSSR count). The number of nitrogens with zero attached hydrogens (tertiary/aromatic N) is 2. The molecule has 2 aromatic rings. The van der Waals surface area contributed by atoms with Crippen LogP contribution >= 0.6 is 11.6 Å². The van der Waals surface area contributed by atoms with Crippen molar-refractivity contribution >= 4 is 28.9 Å². The molecule has 2 aromatic carbocycles. The molecule has 24 heavy (non-hydrogen) atoms. The fraction of sp³-hybridized carbons (Fsp3) is 0.158. The second-order valence-electron chi connectivity index (χ2n) is 5.60. The summed E-state index contributed by atoms with van der Waals surface area (Å²) in [6.45, 7) is 5.91. The fourth-order valence-electron chi connectivity index (χ4n) is 2.76. The topological polar surface area (TPSA) is 52.9 Å². The van der Waals surface area contributed by atoms with Crippen LogP contribution in [0.3, 0.4) is 0 Å². The summed E-state index contributed by atoms with van der Waals surface area (Å²) in [5.41, 5.74) is 3.03. The number of carbonyl (C=O) groups excluding carboxylic acids is 1. The number of amides is 1. The normalized spacial score (nSPS) is 17.1. The van der Waals surface area contributed by atoms with Crippen molar-refractivity contribution in [2.45, 2.75) is 13.0 Å². The van der Waals surface area contributed by atoms with Crippen LogP contribution in [0.25, 0.3) is 0 Å². The van der Waals surface area contributed by atoms with Gasteiger partial charge in [0.05, 0.1) is 11.4 Å². The van der Waals surface area contributed by atoms with Crippen molar-refractivity contribution in [1.29, 1.82) is 0 Å². The molecular formula is C19H17ClN2O2. The summed E-state index contributed by atoms with van der Waals surface area (Å²) in [6, 6.07) is 11.6. The minimum atomic E-state index is -0.528. The third kappa shape index (κ3) is 2.93. The van der Waals surface area contributed by atoms with Gasteiger partial charge in [-0.3, -0.25) is 9.79 Å². The number of rotatable bonds is 3. The lowest BCUT2D eigenvalue weighted by atomic mass is 10.00. The molecule has 0 fully saturated rings. The van der Waals surface area contributed by atoms with Crippen LogP contribution < -0.4 is 4.90 Å². The Kier molecular flexibility index (Phi) is 4.40. The van der Waals surface area contributed by atoms with Crippen LogP contribution in [0.1, 0.15) is 18.1 Å². The van der Waals surface area contributed by atoms with Gasteiger partial charge in [0.2, 0.25) is 0 Å². The number of fused-ring (bicyclic) bond motifs is 1. The Bertz CT molecular complexity index is 828. The lowest BCUT2D eigenvalue weighted by Crippen LogP contribution is -2.36. The van der Waals surface area contributed by atoms with Crippen molar-refractivity contribution in [2.75, 3.05) is 11.4 Å². The van der Waals surface area contributed by atoms with E-state index in [1.165, 1.54) is 0 Å². The molecule has 1 amide bonds. The van der Waals surface area contributed by atoms with Crippen LogP contribution in [0.4, 0.5) is 5.69 Å². The Morgan fingerprint density at radius 3 is 2.67 bits per heavy atom. The average molecular weight is 341 g/mol. The minimum Gasteiger partial charge on any atom is -0.508 e. The van der Waals surface area contributed by atoms with Crippen molar-refractivity contribution in [2.24, 2.45) is 4.99 Å². The molecule has 5 heteroatoms. The molecule has 0 aliphatic carbocycles. The summed E-state index contributed by atoms with van der Waals surface area (Å²) in [7, 11) is 0. The average Bonchev–Trinajstić information content (AvgIpc) is 2.66. The lowest BCUT2D eigenvalue weighted by molar-refractivity contribution is -0.119. The third-order valence-electron chi connectivity index (χ3n) is 3.90. The van der Waals surface area contributed by atoms with E-state index < -0.39 is 6.04 Å². The predicted molar refractivity (Wildman–Crippen MR) is 97.2 cm³/mol. The Balaban J connectivity index is 2.24. The number of carbonyl (C=O) groups is 1. The molecule has 1 N–H and O–H groups in total. The van der Waals surface area contributed by atoms with Crippen LogP contribution in [0.15, 0.2) is 60.1 Å². The molecule has 0 aromatic heterocycles. The smallest absolute Gasteiger partial charge is 0.251 e. The summed E-state index contributed by atoms with van der Waals surface area (Å²) in [5, 5.41) is 10.1. The van der Waals surface area contributed by atoms with Gasteiger partial charge in [-0.2, -0.15) is 0 Å². The van der Waals surface area contributed by atoms with Gasteiger partial charge in [0.15, 0.2) is 0 Å². The molecule has 0 saturated carbocycles. The van der Waals surface area contributed by atoms with E-state index >= 15 is 0 Å². The van der Waals surface area contributed by atoms with Gasteiger partial charge in [0, 0.05) is 22.7 Å². The van der Waals surface area contributed by atoms with Gasteiger partial charge >= 0.3 is 0 Å². The number of halogens is 1. The number of benzene rings is 2. The van der Waals surface area contributed by atoms with E-state index in [0.717, 1.165) is 16.8 Å². The van der Waals surface area contributed by atoms with Gasteiger partial charge in [-0.1, -0.05) is 17.7 Å². The van der Waals surface area contributed by atoms with Crippen molar-refractivity contribution < 1.29 is 9.90 Å². The number of aromatic hydroxyl groups is 1. The quantitative estimate of drug-likeness (QED) is 0.864. The molecule has 1 aliphatic heterocycles. The summed E-state index contributed by atoms with van der Waals surface area (Å²) < 4.78 is 0. The first kappa shape index (κ1) is 16.3. The van der Waals surface area contributed by atoms with E-state index in [2.05, 4.69) is 11.6 Å². The molecule has 0 radical (unpaired) electrons. The van der Waals surface area contributed by atoms with Gasteiger partial charge in [-0.15, -0.1) is 6.58 Å². The molecule has 4 nitrogen and oxygen atoms in total. The Morgan fingerprint density at radius 1 is 1.29 bits per heavy atom. The molecule has 0 spiro atoms. The maximum absolute atomic E-state index is 12.7. The molecule has 1 heterocycles. The summed E-state index contributed by atoms with van der Waals surface area (Å²) >= 11 is 6.19. The highest BCUT2D eigenvalue weighted by molar-refractivity contribution is 6.32. The van der Waals surface area contributed by atoms with Gasteiger partial charge in [-0.05, 0) is 49.4 Å².